The molecule has 5 heteroatoms. The summed E-state index contributed by atoms with van der Waals surface area (Å²) in [4.78, 5) is 0. The van der Waals surface area contributed by atoms with Crippen LogP contribution in [0.2, 0.25) is 0 Å². The highest BCUT2D eigenvalue weighted by Gasteiger charge is 2.10. The standard InChI is InChI=1S/C10H12F3NO/c11-7-5-8(12)10(9(13)6-7)14-3-1-2-4-15/h5-6,14-15H,1-4H2. The van der Waals surface area contributed by atoms with E-state index < -0.39 is 17.5 Å². The molecule has 0 aliphatic rings. The van der Waals surface area contributed by atoms with E-state index in [-0.39, 0.29) is 12.3 Å². The number of unbranched alkanes of at least 4 members (excludes halogenated alkanes) is 1. The van der Waals surface area contributed by atoms with Gasteiger partial charge >= 0.3 is 0 Å². The molecular formula is C10H12F3NO. The number of nitrogens with one attached hydrogen (secondary N) is 1. The molecule has 0 bridgehead atoms. The third-order valence-corrected chi connectivity index (χ3v) is 1.89. The lowest BCUT2D eigenvalue weighted by Gasteiger charge is -2.08. The number of anilines is 1. The topological polar surface area (TPSA) is 32.3 Å². The van der Waals surface area contributed by atoms with Gasteiger partial charge in [-0.3, -0.25) is 0 Å². The first kappa shape index (κ1) is 11.8. The first-order valence-electron chi connectivity index (χ1n) is 4.64. The van der Waals surface area contributed by atoms with Crippen molar-refractivity contribution in [3.8, 4) is 0 Å². The van der Waals surface area contributed by atoms with Crippen LogP contribution in [-0.4, -0.2) is 18.3 Å². The Morgan fingerprint density at radius 1 is 1.07 bits per heavy atom. The van der Waals surface area contributed by atoms with Crippen LogP contribution in [0, 0.1) is 17.5 Å². The normalized spacial score (nSPS) is 10.4. The van der Waals surface area contributed by atoms with Gasteiger partial charge in [-0.25, -0.2) is 13.2 Å². The monoisotopic (exact) mass is 219 g/mol. The average molecular weight is 219 g/mol. The molecule has 0 aliphatic carbocycles. The van der Waals surface area contributed by atoms with E-state index in [1.54, 1.807) is 0 Å². The summed E-state index contributed by atoms with van der Waals surface area (Å²) in [5.41, 5.74) is -0.325. The Balaban J connectivity index is 2.60. The maximum Gasteiger partial charge on any atom is 0.152 e. The van der Waals surface area contributed by atoms with Crippen LogP contribution in [0.5, 0.6) is 0 Å². The summed E-state index contributed by atoms with van der Waals surface area (Å²) in [6.07, 6.45) is 1.14. The summed E-state index contributed by atoms with van der Waals surface area (Å²) >= 11 is 0. The van der Waals surface area contributed by atoms with Crippen molar-refractivity contribution < 1.29 is 18.3 Å². The molecule has 84 valence electrons. The Labute approximate surface area is 85.7 Å². The number of benzene rings is 1. The lowest BCUT2D eigenvalue weighted by atomic mass is 10.2. The number of aliphatic hydroxyl groups excluding tert-OH is 1. The fraction of sp³-hybridized carbons (Fsp3) is 0.400. The summed E-state index contributed by atoms with van der Waals surface area (Å²) < 4.78 is 38.6. The summed E-state index contributed by atoms with van der Waals surface area (Å²) in [5.74, 6) is -2.83. The van der Waals surface area contributed by atoms with Crippen LogP contribution in [0.15, 0.2) is 12.1 Å². The minimum absolute atomic E-state index is 0.0378. The van der Waals surface area contributed by atoms with Crippen LogP contribution in [0.1, 0.15) is 12.8 Å². The van der Waals surface area contributed by atoms with E-state index in [4.69, 9.17) is 5.11 Å². The second-order valence-electron chi connectivity index (χ2n) is 3.10. The average Bonchev–Trinajstić information content (AvgIpc) is 2.15. The van der Waals surface area contributed by atoms with Gasteiger partial charge in [0.2, 0.25) is 0 Å². The molecule has 2 N–H and O–H groups in total. The van der Waals surface area contributed by atoms with Gasteiger partial charge < -0.3 is 10.4 Å². The largest absolute Gasteiger partial charge is 0.396 e. The summed E-state index contributed by atoms with van der Waals surface area (Å²) in [6, 6.07) is 1.24. The Morgan fingerprint density at radius 3 is 2.20 bits per heavy atom. The van der Waals surface area contributed by atoms with E-state index in [0.717, 1.165) is 0 Å². The van der Waals surface area contributed by atoms with E-state index in [0.29, 0.717) is 31.5 Å². The van der Waals surface area contributed by atoms with Gasteiger partial charge in [0.05, 0.1) is 0 Å². The van der Waals surface area contributed by atoms with Crippen LogP contribution >= 0.6 is 0 Å². The Hall–Kier alpha value is -1.23. The molecule has 0 aromatic heterocycles. The molecule has 0 unspecified atom stereocenters. The van der Waals surface area contributed by atoms with Crippen LogP contribution in [-0.2, 0) is 0 Å². The van der Waals surface area contributed by atoms with Gasteiger partial charge in [0.1, 0.15) is 11.5 Å². The second-order valence-corrected chi connectivity index (χ2v) is 3.10. The highest BCUT2D eigenvalue weighted by atomic mass is 19.1. The first-order valence-corrected chi connectivity index (χ1v) is 4.64. The van der Waals surface area contributed by atoms with E-state index >= 15 is 0 Å². The van der Waals surface area contributed by atoms with Gasteiger partial charge in [0.25, 0.3) is 0 Å². The summed E-state index contributed by atoms with van der Waals surface area (Å²) in [7, 11) is 0. The van der Waals surface area contributed by atoms with Crippen molar-refractivity contribution in [2.75, 3.05) is 18.5 Å². The molecule has 0 saturated heterocycles. The van der Waals surface area contributed by atoms with Gasteiger partial charge in [0.15, 0.2) is 11.6 Å². The number of hydrogen-bond acceptors (Lipinski definition) is 2. The fourth-order valence-electron chi connectivity index (χ4n) is 1.16. The number of hydrogen-bond donors (Lipinski definition) is 2. The zero-order valence-corrected chi connectivity index (χ0v) is 8.06. The maximum absolute atomic E-state index is 13.0. The second kappa shape index (κ2) is 5.60. The molecule has 0 aliphatic heterocycles. The van der Waals surface area contributed by atoms with E-state index in [1.165, 1.54) is 0 Å². The third kappa shape index (κ3) is 3.43. The molecule has 0 spiro atoms. The lowest BCUT2D eigenvalue weighted by molar-refractivity contribution is 0.286. The van der Waals surface area contributed by atoms with Gasteiger partial charge in [0, 0.05) is 25.3 Å². The molecule has 0 heterocycles. The maximum atomic E-state index is 13.0. The molecular weight excluding hydrogens is 207 g/mol. The number of aliphatic hydroxyl groups is 1. The highest BCUT2D eigenvalue weighted by molar-refractivity contribution is 5.46. The van der Waals surface area contributed by atoms with E-state index in [1.807, 2.05) is 0 Å². The molecule has 15 heavy (non-hydrogen) atoms. The fourth-order valence-corrected chi connectivity index (χ4v) is 1.16. The third-order valence-electron chi connectivity index (χ3n) is 1.89. The highest BCUT2D eigenvalue weighted by Crippen LogP contribution is 2.19. The Bertz CT molecular complexity index is 307. The smallest absolute Gasteiger partial charge is 0.152 e. The minimum atomic E-state index is -0.948. The van der Waals surface area contributed by atoms with Gasteiger partial charge in [-0.2, -0.15) is 0 Å². The minimum Gasteiger partial charge on any atom is -0.396 e. The summed E-state index contributed by atoms with van der Waals surface area (Å²) in [5, 5.41) is 11.0. The molecule has 0 amide bonds. The predicted octanol–water partition coefficient (Wildman–Crippen LogP) is 2.29. The van der Waals surface area contributed by atoms with Crippen molar-refractivity contribution in [3.05, 3.63) is 29.6 Å². The van der Waals surface area contributed by atoms with Crippen LogP contribution in [0.4, 0.5) is 18.9 Å². The van der Waals surface area contributed by atoms with E-state index in [2.05, 4.69) is 5.32 Å². The molecule has 0 radical (unpaired) electrons. The van der Waals surface area contributed by atoms with Crippen LogP contribution < -0.4 is 5.32 Å². The van der Waals surface area contributed by atoms with E-state index in [9.17, 15) is 13.2 Å². The van der Waals surface area contributed by atoms with Crippen molar-refractivity contribution in [1.82, 2.24) is 0 Å². The first-order chi connectivity index (χ1) is 7.15. The molecule has 0 saturated carbocycles. The SMILES string of the molecule is OCCCCNc1c(F)cc(F)cc1F. The number of halogens is 3. The van der Waals surface area contributed by atoms with Crippen molar-refractivity contribution in [2.45, 2.75) is 12.8 Å². The zero-order chi connectivity index (χ0) is 11.3. The Kier molecular flexibility index (Phi) is 4.42. The summed E-state index contributed by atoms with van der Waals surface area (Å²) in [6.45, 7) is 0.371. The quantitative estimate of drug-likeness (QED) is 0.745. The predicted molar refractivity (Wildman–Crippen MR) is 51.1 cm³/mol. The molecule has 2 nitrogen and oxygen atoms in total. The van der Waals surface area contributed by atoms with Crippen molar-refractivity contribution in [1.29, 1.82) is 0 Å². The van der Waals surface area contributed by atoms with Crippen LogP contribution in [0.3, 0.4) is 0 Å². The van der Waals surface area contributed by atoms with Crippen molar-refractivity contribution in [3.63, 3.8) is 0 Å². The van der Waals surface area contributed by atoms with Gasteiger partial charge in [-0.15, -0.1) is 0 Å². The Morgan fingerprint density at radius 2 is 1.67 bits per heavy atom. The molecule has 0 fully saturated rings. The van der Waals surface area contributed by atoms with Crippen molar-refractivity contribution >= 4 is 5.69 Å². The van der Waals surface area contributed by atoms with Gasteiger partial charge in [-0.1, -0.05) is 0 Å². The molecule has 1 rings (SSSR count). The zero-order valence-electron chi connectivity index (χ0n) is 8.06. The van der Waals surface area contributed by atoms with Crippen molar-refractivity contribution in [2.24, 2.45) is 0 Å². The van der Waals surface area contributed by atoms with Gasteiger partial charge in [-0.05, 0) is 12.8 Å². The number of rotatable bonds is 5. The molecule has 1 aromatic carbocycles. The molecule has 0 atom stereocenters. The lowest BCUT2D eigenvalue weighted by Crippen LogP contribution is -2.06. The molecule has 1 aromatic rings. The van der Waals surface area contributed by atoms with Crippen LogP contribution in [0.25, 0.3) is 0 Å².